The van der Waals surface area contributed by atoms with E-state index in [1.54, 1.807) is 0 Å². The highest BCUT2D eigenvalue weighted by Gasteiger charge is 2.42. The summed E-state index contributed by atoms with van der Waals surface area (Å²) in [4.78, 5) is 10.7. The summed E-state index contributed by atoms with van der Waals surface area (Å²) in [6.07, 6.45) is 1.95. The quantitative estimate of drug-likeness (QED) is 0.908. The standard InChI is InChI=1S/C14H16FNO5S/c15-10-6-9(14(17)18)7-11(8-10)22(19,20)16-4-1-2-13-12(16)3-5-21-13/h6-8,12-13H,1-5H2,(H,17,18)/t12-,13-/m1/s1. The number of halogens is 1. The Bertz CT molecular complexity index is 705. The van der Waals surface area contributed by atoms with Crippen LogP contribution in [0.1, 0.15) is 29.6 Å². The molecule has 0 amide bonds. The Labute approximate surface area is 127 Å². The molecule has 0 unspecified atom stereocenters. The molecule has 2 fully saturated rings. The minimum Gasteiger partial charge on any atom is -0.478 e. The highest BCUT2D eigenvalue weighted by Crippen LogP contribution is 2.33. The number of sulfonamides is 1. The number of hydrogen-bond donors (Lipinski definition) is 1. The molecule has 2 atom stereocenters. The first kappa shape index (κ1) is 15.4. The van der Waals surface area contributed by atoms with Crippen molar-refractivity contribution in [2.24, 2.45) is 0 Å². The molecule has 2 aliphatic rings. The minimum absolute atomic E-state index is 0.129. The van der Waals surface area contributed by atoms with Gasteiger partial charge in [-0.25, -0.2) is 17.6 Å². The van der Waals surface area contributed by atoms with Crippen molar-refractivity contribution in [3.63, 3.8) is 0 Å². The monoisotopic (exact) mass is 329 g/mol. The second-order valence-corrected chi connectivity index (χ2v) is 7.39. The Morgan fingerprint density at radius 3 is 2.82 bits per heavy atom. The fourth-order valence-corrected chi connectivity index (χ4v) is 4.90. The number of carbonyl (C=O) groups is 1. The summed E-state index contributed by atoms with van der Waals surface area (Å²) in [5, 5.41) is 8.96. The predicted octanol–water partition coefficient (Wildman–Crippen LogP) is 1.47. The van der Waals surface area contributed by atoms with Crippen LogP contribution < -0.4 is 0 Å². The third-order valence-electron chi connectivity index (χ3n) is 4.14. The Morgan fingerprint density at radius 2 is 2.09 bits per heavy atom. The maximum absolute atomic E-state index is 13.6. The summed E-state index contributed by atoms with van der Waals surface area (Å²) in [6, 6.07) is 2.41. The number of piperidine rings is 1. The molecule has 1 aromatic carbocycles. The second kappa shape index (κ2) is 5.60. The highest BCUT2D eigenvalue weighted by atomic mass is 32.2. The Morgan fingerprint density at radius 1 is 1.32 bits per heavy atom. The average Bonchev–Trinajstić information content (AvgIpc) is 2.94. The van der Waals surface area contributed by atoms with Crippen LogP contribution >= 0.6 is 0 Å². The van der Waals surface area contributed by atoms with Crippen molar-refractivity contribution in [1.29, 1.82) is 0 Å². The van der Waals surface area contributed by atoms with Crippen molar-refractivity contribution in [2.45, 2.75) is 36.3 Å². The van der Waals surface area contributed by atoms with E-state index in [-0.39, 0.29) is 22.6 Å². The van der Waals surface area contributed by atoms with Gasteiger partial charge < -0.3 is 9.84 Å². The number of benzene rings is 1. The Hall–Kier alpha value is -1.51. The van der Waals surface area contributed by atoms with Crippen LogP contribution in [-0.4, -0.2) is 49.1 Å². The van der Waals surface area contributed by atoms with Crippen LogP contribution in [0.5, 0.6) is 0 Å². The van der Waals surface area contributed by atoms with Crippen molar-refractivity contribution in [1.82, 2.24) is 4.31 Å². The van der Waals surface area contributed by atoms with Crippen molar-refractivity contribution in [3.8, 4) is 0 Å². The first-order valence-electron chi connectivity index (χ1n) is 7.07. The number of nitrogens with zero attached hydrogens (tertiary/aromatic N) is 1. The van der Waals surface area contributed by atoms with Crippen LogP contribution in [0.25, 0.3) is 0 Å². The molecule has 2 heterocycles. The van der Waals surface area contributed by atoms with Gasteiger partial charge in [-0.2, -0.15) is 4.31 Å². The van der Waals surface area contributed by atoms with Gasteiger partial charge in [0.1, 0.15) is 5.82 Å². The van der Waals surface area contributed by atoms with E-state index < -0.39 is 21.8 Å². The maximum atomic E-state index is 13.6. The maximum Gasteiger partial charge on any atom is 0.335 e. The number of rotatable bonds is 3. The van der Waals surface area contributed by atoms with Gasteiger partial charge in [0.15, 0.2) is 0 Å². The first-order valence-corrected chi connectivity index (χ1v) is 8.51. The first-order chi connectivity index (χ1) is 10.4. The molecule has 6 nitrogen and oxygen atoms in total. The van der Waals surface area contributed by atoms with Gasteiger partial charge >= 0.3 is 5.97 Å². The van der Waals surface area contributed by atoms with Gasteiger partial charge in [-0.15, -0.1) is 0 Å². The zero-order valence-corrected chi connectivity index (χ0v) is 12.6. The summed E-state index contributed by atoms with van der Waals surface area (Å²) < 4.78 is 46.0. The van der Waals surface area contributed by atoms with Gasteiger partial charge in [0.25, 0.3) is 0 Å². The van der Waals surface area contributed by atoms with Crippen LogP contribution in [0.3, 0.4) is 0 Å². The molecule has 1 N–H and O–H groups in total. The van der Waals surface area contributed by atoms with E-state index in [0.717, 1.165) is 24.6 Å². The number of aromatic carboxylic acids is 1. The molecule has 0 spiro atoms. The summed E-state index contributed by atoms with van der Waals surface area (Å²) >= 11 is 0. The van der Waals surface area contributed by atoms with Crippen molar-refractivity contribution in [2.75, 3.05) is 13.2 Å². The lowest BCUT2D eigenvalue weighted by molar-refractivity contribution is 0.0554. The van der Waals surface area contributed by atoms with Gasteiger partial charge in [-0.05, 0) is 37.5 Å². The smallest absolute Gasteiger partial charge is 0.335 e. The normalized spacial score (nSPS) is 25.9. The van der Waals surface area contributed by atoms with Crippen molar-refractivity contribution in [3.05, 3.63) is 29.6 Å². The molecule has 2 saturated heterocycles. The lowest BCUT2D eigenvalue weighted by atomic mass is 10.0. The second-order valence-electron chi connectivity index (χ2n) is 5.50. The summed E-state index contributed by atoms with van der Waals surface area (Å²) in [5.74, 6) is -2.24. The van der Waals surface area contributed by atoms with Gasteiger partial charge in [0.2, 0.25) is 10.0 Å². The van der Waals surface area contributed by atoms with E-state index in [9.17, 15) is 17.6 Å². The third-order valence-corrected chi connectivity index (χ3v) is 6.04. The minimum atomic E-state index is -3.94. The molecule has 0 radical (unpaired) electrons. The number of fused-ring (bicyclic) bond motifs is 1. The Kier molecular flexibility index (Phi) is 3.92. The highest BCUT2D eigenvalue weighted by molar-refractivity contribution is 7.89. The molecule has 8 heteroatoms. The summed E-state index contributed by atoms with van der Waals surface area (Å²) in [6.45, 7) is 0.844. The van der Waals surface area contributed by atoms with E-state index in [1.165, 1.54) is 4.31 Å². The van der Waals surface area contributed by atoms with Gasteiger partial charge in [-0.1, -0.05) is 0 Å². The number of hydrogen-bond acceptors (Lipinski definition) is 4. The van der Waals surface area contributed by atoms with Gasteiger partial charge in [0, 0.05) is 13.2 Å². The molecule has 0 aromatic heterocycles. The SMILES string of the molecule is O=C(O)c1cc(F)cc(S(=O)(=O)N2CCC[C@H]3OCC[C@H]32)c1. The molecule has 0 saturated carbocycles. The summed E-state index contributed by atoms with van der Waals surface area (Å²) in [7, 11) is -3.94. The molecule has 120 valence electrons. The number of ether oxygens (including phenoxy) is 1. The van der Waals surface area contributed by atoms with E-state index >= 15 is 0 Å². The van der Waals surface area contributed by atoms with Crippen LogP contribution in [0.2, 0.25) is 0 Å². The predicted molar refractivity (Wildman–Crippen MR) is 74.6 cm³/mol. The average molecular weight is 329 g/mol. The fourth-order valence-electron chi connectivity index (χ4n) is 3.13. The molecule has 3 rings (SSSR count). The lowest BCUT2D eigenvalue weighted by Gasteiger charge is -2.35. The number of carboxylic acids is 1. The van der Waals surface area contributed by atoms with Crippen LogP contribution in [0.4, 0.5) is 4.39 Å². The fraction of sp³-hybridized carbons (Fsp3) is 0.500. The number of carboxylic acid groups (broad SMARTS) is 1. The van der Waals surface area contributed by atoms with Gasteiger partial charge in [-0.3, -0.25) is 0 Å². The van der Waals surface area contributed by atoms with E-state index in [1.807, 2.05) is 0 Å². The molecule has 22 heavy (non-hydrogen) atoms. The lowest BCUT2D eigenvalue weighted by Crippen LogP contribution is -2.48. The molecular weight excluding hydrogens is 313 g/mol. The molecule has 1 aromatic rings. The van der Waals surface area contributed by atoms with Crippen LogP contribution in [0.15, 0.2) is 23.1 Å². The van der Waals surface area contributed by atoms with Gasteiger partial charge in [0.05, 0.1) is 22.6 Å². The van der Waals surface area contributed by atoms with E-state index in [0.29, 0.717) is 26.0 Å². The third kappa shape index (κ3) is 2.62. The van der Waals surface area contributed by atoms with Crippen molar-refractivity contribution < 1.29 is 27.4 Å². The van der Waals surface area contributed by atoms with Crippen LogP contribution in [0, 0.1) is 5.82 Å². The van der Waals surface area contributed by atoms with E-state index in [4.69, 9.17) is 9.84 Å². The molecule has 0 aliphatic carbocycles. The molecule has 2 aliphatic heterocycles. The zero-order valence-electron chi connectivity index (χ0n) is 11.7. The van der Waals surface area contributed by atoms with Crippen LogP contribution in [-0.2, 0) is 14.8 Å². The molecule has 0 bridgehead atoms. The summed E-state index contributed by atoms with van der Waals surface area (Å²) in [5.41, 5.74) is -0.380. The van der Waals surface area contributed by atoms with Crippen molar-refractivity contribution >= 4 is 16.0 Å². The molecular formula is C14H16FNO5S. The topological polar surface area (TPSA) is 83.9 Å². The largest absolute Gasteiger partial charge is 0.478 e. The van der Waals surface area contributed by atoms with E-state index in [2.05, 4.69) is 0 Å². The zero-order chi connectivity index (χ0) is 15.9. The Balaban J connectivity index is 2.00.